The number of hydrogen-bond donors (Lipinski definition) is 1. The van der Waals surface area contributed by atoms with Gasteiger partial charge in [0.2, 0.25) is 5.91 Å². The lowest BCUT2D eigenvalue weighted by molar-refractivity contribution is -0.137. The molecule has 1 fully saturated rings. The number of rotatable bonds is 5. The van der Waals surface area contributed by atoms with E-state index in [2.05, 4.69) is 11.4 Å². The molecule has 0 saturated carbocycles. The maximum atomic E-state index is 13.2. The van der Waals surface area contributed by atoms with Crippen LogP contribution in [0.15, 0.2) is 54.2 Å². The van der Waals surface area contributed by atoms with E-state index in [9.17, 15) is 14.4 Å². The molecule has 4 amide bonds. The summed E-state index contributed by atoms with van der Waals surface area (Å²) in [5.41, 5.74) is 0.502. The van der Waals surface area contributed by atoms with Crippen molar-refractivity contribution in [1.29, 1.82) is 0 Å². The molecule has 0 aromatic heterocycles. The predicted octanol–water partition coefficient (Wildman–Crippen LogP) is 3.52. The highest BCUT2D eigenvalue weighted by Gasteiger charge is 2.49. The SMILES string of the molecule is CCN(C(=O)CN1C(=O)NC(C)(c2ccc3ccccc3c2)C1=O)C1=CCCC1. The molecule has 29 heavy (non-hydrogen) atoms. The first-order valence-electron chi connectivity index (χ1n) is 10.1. The number of hydrogen-bond acceptors (Lipinski definition) is 3. The van der Waals surface area contributed by atoms with Gasteiger partial charge in [0.15, 0.2) is 0 Å². The van der Waals surface area contributed by atoms with Crippen LogP contribution < -0.4 is 5.32 Å². The molecule has 1 aliphatic heterocycles. The predicted molar refractivity (Wildman–Crippen MR) is 111 cm³/mol. The molecular formula is C23H25N3O3. The molecule has 1 N–H and O–H groups in total. The second-order valence-corrected chi connectivity index (χ2v) is 7.73. The summed E-state index contributed by atoms with van der Waals surface area (Å²) >= 11 is 0. The minimum Gasteiger partial charge on any atom is -0.319 e. The quantitative estimate of drug-likeness (QED) is 0.793. The Morgan fingerprint density at radius 1 is 1.17 bits per heavy atom. The van der Waals surface area contributed by atoms with Crippen LogP contribution in [0.4, 0.5) is 4.79 Å². The van der Waals surface area contributed by atoms with E-state index in [4.69, 9.17) is 0 Å². The van der Waals surface area contributed by atoms with Gasteiger partial charge >= 0.3 is 6.03 Å². The molecule has 6 nitrogen and oxygen atoms in total. The Bertz CT molecular complexity index is 1030. The van der Waals surface area contributed by atoms with Crippen molar-refractivity contribution in [2.75, 3.05) is 13.1 Å². The van der Waals surface area contributed by atoms with Crippen LogP contribution in [0, 0.1) is 0 Å². The van der Waals surface area contributed by atoms with Crippen molar-refractivity contribution >= 4 is 28.6 Å². The van der Waals surface area contributed by atoms with Gasteiger partial charge in [0.25, 0.3) is 5.91 Å². The molecule has 1 atom stereocenters. The zero-order valence-corrected chi connectivity index (χ0v) is 16.8. The van der Waals surface area contributed by atoms with E-state index in [-0.39, 0.29) is 12.5 Å². The number of nitrogens with zero attached hydrogens (tertiary/aromatic N) is 2. The van der Waals surface area contributed by atoms with Gasteiger partial charge in [-0.2, -0.15) is 0 Å². The van der Waals surface area contributed by atoms with Crippen LogP contribution in [0.5, 0.6) is 0 Å². The smallest absolute Gasteiger partial charge is 0.319 e. The van der Waals surface area contributed by atoms with E-state index in [0.717, 1.165) is 40.6 Å². The number of carbonyl (C=O) groups is 3. The molecule has 2 aromatic rings. The highest BCUT2D eigenvalue weighted by atomic mass is 16.2. The molecule has 1 unspecified atom stereocenters. The molecule has 0 radical (unpaired) electrons. The van der Waals surface area contributed by atoms with Gasteiger partial charge in [-0.05, 0) is 55.5 Å². The molecule has 0 spiro atoms. The molecule has 2 aliphatic rings. The summed E-state index contributed by atoms with van der Waals surface area (Å²) in [5.74, 6) is -0.630. The summed E-state index contributed by atoms with van der Waals surface area (Å²) < 4.78 is 0. The van der Waals surface area contributed by atoms with Gasteiger partial charge in [-0.3, -0.25) is 14.5 Å². The van der Waals surface area contributed by atoms with Gasteiger partial charge in [-0.15, -0.1) is 0 Å². The number of likely N-dealkylation sites (N-methyl/N-ethyl adjacent to an activating group) is 1. The summed E-state index contributed by atoms with van der Waals surface area (Å²) in [5, 5.41) is 4.85. The van der Waals surface area contributed by atoms with Gasteiger partial charge in [0.1, 0.15) is 12.1 Å². The maximum Gasteiger partial charge on any atom is 0.325 e. The molecule has 2 aromatic carbocycles. The van der Waals surface area contributed by atoms with Crippen LogP contribution in [-0.2, 0) is 15.1 Å². The van der Waals surface area contributed by atoms with E-state index in [1.54, 1.807) is 11.8 Å². The third-order valence-corrected chi connectivity index (χ3v) is 5.88. The van der Waals surface area contributed by atoms with Crippen molar-refractivity contribution in [3.63, 3.8) is 0 Å². The van der Waals surface area contributed by atoms with Gasteiger partial charge in [0.05, 0.1) is 0 Å². The summed E-state index contributed by atoms with van der Waals surface area (Å²) in [7, 11) is 0. The average molecular weight is 391 g/mol. The van der Waals surface area contributed by atoms with Crippen LogP contribution in [0.3, 0.4) is 0 Å². The van der Waals surface area contributed by atoms with Crippen molar-refractivity contribution in [2.24, 2.45) is 0 Å². The standard InChI is InChI=1S/C23H25N3O3/c1-3-25(19-10-6-7-11-19)20(27)15-26-21(28)23(2,24-22(26)29)18-13-12-16-8-4-5-9-17(16)14-18/h4-5,8-10,12-14H,3,6-7,11,15H2,1-2H3,(H,24,29). The summed E-state index contributed by atoms with van der Waals surface area (Å²) in [6, 6.07) is 13.0. The molecule has 6 heteroatoms. The van der Waals surface area contributed by atoms with Crippen molar-refractivity contribution in [2.45, 2.75) is 38.6 Å². The second-order valence-electron chi connectivity index (χ2n) is 7.73. The van der Waals surface area contributed by atoms with Crippen molar-refractivity contribution in [3.8, 4) is 0 Å². The molecule has 1 saturated heterocycles. The summed E-state index contributed by atoms with van der Waals surface area (Å²) in [6.45, 7) is 3.87. The minimum absolute atomic E-state index is 0.230. The average Bonchev–Trinajstić information content (AvgIpc) is 3.32. The summed E-state index contributed by atoms with van der Waals surface area (Å²) in [4.78, 5) is 41.4. The number of fused-ring (bicyclic) bond motifs is 1. The van der Waals surface area contributed by atoms with Crippen LogP contribution in [0.2, 0.25) is 0 Å². The van der Waals surface area contributed by atoms with Gasteiger partial charge in [-0.1, -0.05) is 42.5 Å². The number of urea groups is 1. The van der Waals surface area contributed by atoms with E-state index in [0.29, 0.717) is 12.1 Å². The van der Waals surface area contributed by atoms with Crippen LogP contribution in [0.1, 0.15) is 38.7 Å². The highest BCUT2D eigenvalue weighted by Crippen LogP contribution is 2.31. The van der Waals surface area contributed by atoms with E-state index in [1.165, 1.54) is 0 Å². The molecule has 1 aliphatic carbocycles. The van der Waals surface area contributed by atoms with Gasteiger partial charge < -0.3 is 10.2 Å². The first kappa shape index (κ1) is 19.2. The number of amides is 4. The number of benzene rings is 2. The van der Waals surface area contributed by atoms with E-state index in [1.807, 2.05) is 49.4 Å². The van der Waals surface area contributed by atoms with Crippen LogP contribution >= 0.6 is 0 Å². The second kappa shape index (κ2) is 7.35. The first-order valence-corrected chi connectivity index (χ1v) is 10.1. The van der Waals surface area contributed by atoms with E-state index >= 15 is 0 Å². The number of nitrogens with one attached hydrogen (secondary N) is 1. The van der Waals surface area contributed by atoms with Crippen LogP contribution in [-0.4, -0.2) is 40.7 Å². The van der Waals surface area contributed by atoms with Crippen LogP contribution in [0.25, 0.3) is 10.8 Å². The Balaban J connectivity index is 1.58. The maximum absolute atomic E-state index is 13.2. The Morgan fingerprint density at radius 2 is 1.93 bits per heavy atom. The lowest BCUT2D eigenvalue weighted by atomic mass is 9.90. The third-order valence-electron chi connectivity index (χ3n) is 5.88. The third kappa shape index (κ3) is 3.28. The zero-order chi connectivity index (χ0) is 20.6. The first-order chi connectivity index (χ1) is 13.9. The Morgan fingerprint density at radius 3 is 2.62 bits per heavy atom. The van der Waals surface area contributed by atoms with Crippen molar-refractivity contribution < 1.29 is 14.4 Å². The van der Waals surface area contributed by atoms with Crippen molar-refractivity contribution in [1.82, 2.24) is 15.1 Å². The Kier molecular flexibility index (Phi) is 4.86. The number of imide groups is 1. The molecule has 4 rings (SSSR count). The fraction of sp³-hybridized carbons (Fsp3) is 0.348. The highest BCUT2D eigenvalue weighted by molar-refractivity contribution is 6.09. The Labute approximate surface area is 170 Å². The Hall–Kier alpha value is -3.15. The molecular weight excluding hydrogens is 366 g/mol. The largest absolute Gasteiger partial charge is 0.325 e. The lowest BCUT2D eigenvalue weighted by Crippen LogP contribution is -2.44. The zero-order valence-electron chi connectivity index (χ0n) is 16.8. The summed E-state index contributed by atoms with van der Waals surface area (Å²) in [6.07, 6.45) is 4.91. The fourth-order valence-corrected chi connectivity index (χ4v) is 4.20. The lowest BCUT2D eigenvalue weighted by Gasteiger charge is -2.25. The van der Waals surface area contributed by atoms with Gasteiger partial charge in [0, 0.05) is 12.2 Å². The number of carbonyl (C=O) groups excluding carboxylic acids is 3. The molecule has 0 bridgehead atoms. The molecule has 1 heterocycles. The van der Waals surface area contributed by atoms with Crippen molar-refractivity contribution in [3.05, 3.63) is 59.8 Å². The molecule has 150 valence electrons. The normalized spacial score (nSPS) is 21.4. The number of allylic oxidation sites excluding steroid dienone is 2. The fourth-order valence-electron chi connectivity index (χ4n) is 4.20. The topological polar surface area (TPSA) is 69.7 Å². The minimum atomic E-state index is -1.19. The van der Waals surface area contributed by atoms with E-state index < -0.39 is 17.5 Å². The monoisotopic (exact) mass is 391 g/mol. The van der Waals surface area contributed by atoms with Gasteiger partial charge in [-0.25, -0.2) is 4.79 Å².